The largest absolute Gasteiger partial charge is 0.481 e. The second kappa shape index (κ2) is 9.25. The molecule has 1 aromatic carbocycles. The molecule has 0 radical (unpaired) electrons. The summed E-state index contributed by atoms with van der Waals surface area (Å²) in [5, 5.41) is 11.9. The van der Waals surface area contributed by atoms with Crippen molar-refractivity contribution in [1.82, 2.24) is 5.32 Å². The van der Waals surface area contributed by atoms with Crippen LogP contribution in [0.2, 0.25) is 0 Å². The number of carbonyl (C=O) groups is 3. The van der Waals surface area contributed by atoms with E-state index in [0.717, 1.165) is 5.56 Å². The number of alkyl carbamates (subject to hydrolysis) is 1. The van der Waals surface area contributed by atoms with Gasteiger partial charge in [-0.1, -0.05) is 13.0 Å². The van der Waals surface area contributed by atoms with Crippen LogP contribution in [0.15, 0.2) is 18.2 Å². The molecular weight excluding hydrogens is 352 g/mol. The summed E-state index contributed by atoms with van der Waals surface area (Å²) in [7, 11) is 0. The summed E-state index contributed by atoms with van der Waals surface area (Å²) in [5.41, 5.74) is 6.28. The number of benzene rings is 1. The number of carboxylic acid groups (broad SMARTS) is 1. The van der Waals surface area contributed by atoms with Crippen LogP contribution in [0.25, 0.3) is 0 Å². The zero-order chi connectivity index (χ0) is 20.8. The van der Waals surface area contributed by atoms with Crippen LogP contribution in [0.5, 0.6) is 5.75 Å². The number of rotatable bonds is 7. The van der Waals surface area contributed by atoms with E-state index in [1.165, 1.54) is 6.92 Å². The predicted octanol–water partition coefficient (Wildman–Crippen LogP) is 2.74. The Balaban J connectivity index is 2.92. The lowest BCUT2D eigenvalue weighted by Crippen LogP contribution is -2.41. The fourth-order valence-corrected chi connectivity index (χ4v) is 2.45. The van der Waals surface area contributed by atoms with Crippen LogP contribution >= 0.6 is 0 Å². The van der Waals surface area contributed by atoms with E-state index >= 15 is 0 Å². The SMILES string of the molecule is CC(=O)Oc1ccc(C[C@@H](CC(C)C(=O)O)NC(=O)OC(C)(C)C)cc1N. The summed E-state index contributed by atoms with van der Waals surface area (Å²) in [5.74, 6) is -1.82. The third kappa shape index (κ3) is 8.44. The van der Waals surface area contributed by atoms with E-state index < -0.39 is 35.6 Å². The topological polar surface area (TPSA) is 128 Å². The number of carboxylic acids is 1. The van der Waals surface area contributed by atoms with Gasteiger partial charge in [0.25, 0.3) is 0 Å². The minimum Gasteiger partial charge on any atom is -0.481 e. The highest BCUT2D eigenvalue weighted by Crippen LogP contribution is 2.24. The van der Waals surface area contributed by atoms with Crippen molar-refractivity contribution < 1.29 is 29.0 Å². The molecular formula is C19H28N2O6. The molecule has 1 unspecified atom stereocenters. The highest BCUT2D eigenvalue weighted by Gasteiger charge is 2.23. The van der Waals surface area contributed by atoms with Crippen molar-refractivity contribution in [1.29, 1.82) is 0 Å². The van der Waals surface area contributed by atoms with Crippen LogP contribution in [0.4, 0.5) is 10.5 Å². The number of anilines is 1. The van der Waals surface area contributed by atoms with Gasteiger partial charge in [-0.25, -0.2) is 4.79 Å². The summed E-state index contributed by atoms with van der Waals surface area (Å²) in [6.07, 6.45) is -0.0451. The number of hydrogen-bond acceptors (Lipinski definition) is 6. The molecule has 0 spiro atoms. The highest BCUT2D eigenvalue weighted by molar-refractivity contribution is 5.72. The van der Waals surface area contributed by atoms with Gasteiger partial charge in [0.05, 0.1) is 11.6 Å². The number of hydrogen-bond donors (Lipinski definition) is 3. The monoisotopic (exact) mass is 380 g/mol. The molecule has 0 bridgehead atoms. The van der Waals surface area contributed by atoms with Gasteiger partial charge in [0, 0.05) is 13.0 Å². The number of nitrogens with one attached hydrogen (secondary N) is 1. The van der Waals surface area contributed by atoms with E-state index in [0.29, 0.717) is 6.42 Å². The molecule has 0 saturated heterocycles. The highest BCUT2D eigenvalue weighted by atomic mass is 16.6. The molecule has 8 heteroatoms. The zero-order valence-corrected chi connectivity index (χ0v) is 16.4. The summed E-state index contributed by atoms with van der Waals surface area (Å²) < 4.78 is 10.2. The fourth-order valence-electron chi connectivity index (χ4n) is 2.45. The third-order valence-corrected chi connectivity index (χ3v) is 3.59. The summed E-state index contributed by atoms with van der Waals surface area (Å²) in [6, 6.07) is 4.44. The van der Waals surface area contributed by atoms with Crippen LogP contribution < -0.4 is 15.8 Å². The molecule has 1 rings (SSSR count). The summed E-state index contributed by atoms with van der Waals surface area (Å²) in [4.78, 5) is 34.3. The van der Waals surface area contributed by atoms with Gasteiger partial charge in [-0.15, -0.1) is 0 Å². The lowest BCUT2D eigenvalue weighted by molar-refractivity contribution is -0.141. The molecule has 0 fully saturated rings. The van der Waals surface area contributed by atoms with E-state index in [1.807, 2.05) is 0 Å². The Labute approximate surface area is 159 Å². The number of carbonyl (C=O) groups excluding carboxylic acids is 2. The summed E-state index contributed by atoms with van der Waals surface area (Å²) >= 11 is 0. The number of nitrogens with two attached hydrogens (primary N) is 1. The van der Waals surface area contributed by atoms with E-state index in [2.05, 4.69) is 5.32 Å². The molecule has 8 nitrogen and oxygen atoms in total. The minimum absolute atomic E-state index is 0.222. The number of aliphatic carboxylic acids is 1. The molecule has 0 heterocycles. The van der Waals surface area contributed by atoms with Gasteiger partial charge in [-0.2, -0.15) is 0 Å². The number of amides is 1. The average molecular weight is 380 g/mol. The van der Waals surface area contributed by atoms with Crippen molar-refractivity contribution in [3.8, 4) is 5.75 Å². The molecule has 0 aliphatic rings. The van der Waals surface area contributed by atoms with E-state index in [1.54, 1.807) is 45.9 Å². The molecule has 0 aromatic heterocycles. The van der Waals surface area contributed by atoms with E-state index in [4.69, 9.17) is 20.3 Å². The van der Waals surface area contributed by atoms with Gasteiger partial charge in [-0.3, -0.25) is 9.59 Å². The number of esters is 1. The quantitative estimate of drug-likeness (QED) is 0.377. The van der Waals surface area contributed by atoms with Gasteiger partial charge in [0.15, 0.2) is 5.75 Å². The van der Waals surface area contributed by atoms with Crippen molar-refractivity contribution in [3.05, 3.63) is 23.8 Å². The Morgan fingerprint density at radius 1 is 1.26 bits per heavy atom. The fraction of sp³-hybridized carbons (Fsp3) is 0.526. The lowest BCUT2D eigenvalue weighted by Gasteiger charge is -2.25. The van der Waals surface area contributed by atoms with Crippen LogP contribution in [0, 0.1) is 5.92 Å². The number of nitrogen functional groups attached to an aromatic ring is 1. The van der Waals surface area contributed by atoms with E-state index in [9.17, 15) is 14.4 Å². The Bertz CT molecular complexity index is 696. The van der Waals surface area contributed by atoms with Gasteiger partial charge < -0.3 is 25.6 Å². The molecule has 0 aliphatic carbocycles. The first kappa shape index (κ1) is 22.3. The average Bonchev–Trinajstić information content (AvgIpc) is 2.47. The van der Waals surface area contributed by atoms with Crippen molar-refractivity contribution >= 4 is 23.7 Å². The maximum atomic E-state index is 12.1. The van der Waals surface area contributed by atoms with Crippen molar-refractivity contribution in [2.45, 2.75) is 59.1 Å². The van der Waals surface area contributed by atoms with Gasteiger partial charge in [-0.05, 0) is 51.3 Å². The Kier molecular flexibility index (Phi) is 7.63. The Morgan fingerprint density at radius 2 is 1.89 bits per heavy atom. The maximum absolute atomic E-state index is 12.1. The molecule has 2 atom stereocenters. The van der Waals surface area contributed by atoms with Crippen LogP contribution in [0.1, 0.15) is 46.6 Å². The summed E-state index contributed by atoms with van der Waals surface area (Å²) in [6.45, 7) is 8.09. The maximum Gasteiger partial charge on any atom is 0.407 e. The first-order chi connectivity index (χ1) is 12.4. The van der Waals surface area contributed by atoms with Crippen molar-refractivity contribution in [2.75, 3.05) is 5.73 Å². The first-order valence-corrected chi connectivity index (χ1v) is 8.66. The minimum atomic E-state index is -0.948. The smallest absolute Gasteiger partial charge is 0.407 e. The Morgan fingerprint density at radius 3 is 2.37 bits per heavy atom. The normalized spacial score (nSPS) is 13.4. The second-order valence-electron chi connectivity index (χ2n) is 7.49. The van der Waals surface area contributed by atoms with Gasteiger partial charge in [0.2, 0.25) is 0 Å². The Hall–Kier alpha value is -2.77. The number of ether oxygens (including phenoxy) is 2. The molecule has 0 aliphatic heterocycles. The van der Waals surface area contributed by atoms with E-state index in [-0.39, 0.29) is 17.9 Å². The third-order valence-electron chi connectivity index (χ3n) is 3.59. The van der Waals surface area contributed by atoms with Crippen LogP contribution in [-0.4, -0.2) is 34.8 Å². The van der Waals surface area contributed by atoms with Crippen molar-refractivity contribution in [2.24, 2.45) is 5.92 Å². The molecule has 150 valence electrons. The van der Waals surface area contributed by atoms with Crippen LogP contribution in [-0.2, 0) is 20.7 Å². The molecule has 27 heavy (non-hydrogen) atoms. The van der Waals surface area contributed by atoms with Crippen LogP contribution in [0.3, 0.4) is 0 Å². The molecule has 0 saturated carbocycles. The predicted molar refractivity (Wildman–Crippen MR) is 100 cm³/mol. The lowest BCUT2D eigenvalue weighted by atomic mass is 9.96. The second-order valence-corrected chi connectivity index (χ2v) is 7.49. The zero-order valence-electron chi connectivity index (χ0n) is 16.4. The molecule has 1 aromatic rings. The standard InChI is InChI=1S/C19H28N2O6/c1-11(17(23)24)8-14(21-18(25)27-19(3,4)5)9-13-6-7-16(15(20)10-13)26-12(2)22/h6-7,10-11,14H,8-9,20H2,1-5H3,(H,21,25)(H,23,24)/t11?,14-/m1/s1. The first-order valence-electron chi connectivity index (χ1n) is 8.66. The van der Waals surface area contributed by atoms with Gasteiger partial charge >= 0.3 is 18.0 Å². The van der Waals surface area contributed by atoms with Gasteiger partial charge in [0.1, 0.15) is 5.60 Å². The van der Waals surface area contributed by atoms with Crippen molar-refractivity contribution in [3.63, 3.8) is 0 Å². The molecule has 4 N–H and O–H groups in total. The molecule has 1 amide bonds.